The standard InChI is InChI=1S/C13H12N4O3/c1-8-3-4-9(11(18)19)7-10(8)16-13(20)17-12-14-5-2-6-15-12/h2-7H,1H3,(H,18,19)(H2,14,15,16,17,20). The van der Waals surface area contributed by atoms with Gasteiger partial charge in [-0.15, -0.1) is 0 Å². The molecular formula is C13H12N4O3. The summed E-state index contributed by atoms with van der Waals surface area (Å²) in [6, 6.07) is 5.58. The summed E-state index contributed by atoms with van der Waals surface area (Å²) in [5.41, 5.74) is 1.26. The molecule has 0 spiro atoms. The molecule has 2 amide bonds. The monoisotopic (exact) mass is 272 g/mol. The van der Waals surface area contributed by atoms with E-state index in [4.69, 9.17) is 5.11 Å². The van der Waals surface area contributed by atoms with E-state index in [0.29, 0.717) is 5.69 Å². The minimum atomic E-state index is -1.06. The summed E-state index contributed by atoms with van der Waals surface area (Å²) in [7, 11) is 0. The molecule has 20 heavy (non-hydrogen) atoms. The highest BCUT2D eigenvalue weighted by Crippen LogP contribution is 2.17. The molecule has 3 N–H and O–H groups in total. The first-order valence-electron chi connectivity index (χ1n) is 5.75. The third-order valence-electron chi connectivity index (χ3n) is 2.52. The zero-order valence-electron chi connectivity index (χ0n) is 10.6. The van der Waals surface area contributed by atoms with Gasteiger partial charge in [0, 0.05) is 18.1 Å². The van der Waals surface area contributed by atoms with Crippen molar-refractivity contribution in [1.82, 2.24) is 9.97 Å². The molecule has 7 nitrogen and oxygen atoms in total. The van der Waals surface area contributed by atoms with Crippen molar-refractivity contribution in [2.75, 3.05) is 10.6 Å². The van der Waals surface area contributed by atoms with Crippen molar-refractivity contribution in [2.24, 2.45) is 0 Å². The molecular weight excluding hydrogens is 260 g/mol. The van der Waals surface area contributed by atoms with E-state index in [0.717, 1.165) is 5.56 Å². The minimum absolute atomic E-state index is 0.0989. The predicted molar refractivity (Wildman–Crippen MR) is 72.8 cm³/mol. The highest BCUT2D eigenvalue weighted by Gasteiger charge is 2.09. The van der Waals surface area contributed by atoms with Crippen LogP contribution in [0.1, 0.15) is 15.9 Å². The van der Waals surface area contributed by atoms with Gasteiger partial charge in [0.05, 0.1) is 5.56 Å². The van der Waals surface area contributed by atoms with Crippen molar-refractivity contribution in [2.45, 2.75) is 6.92 Å². The van der Waals surface area contributed by atoms with Gasteiger partial charge in [0.15, 0.2) is 0 Å². The van der Waals surface area contributed by atoms with Gasteiger partial charge in [-0.1, -0.05) is 6.07 Å². The number of carbonyl (C=O) groups is 2. The summed E-state index contributed by atoms with van der Waals surface area (Å²) in [6.07, 6.45) is 3.00. The molecule has 1 aromatic carbocycles. The number of hydrogen-bond donors (Lipinski definition) is 3. The Morgan fingerprint density at radius 2 is 1.85 bits per heavy atom. The number of nitrogens with zero attached hydrogens (tertiary/aromatic N) is 2. The second kappa shape index (κ2) is 5.79. The summed E-state index contributed by atoms with van der Waals surface area (Å²) >= 11 is 0. The molecule has 102 valence electrons. The van der Waals surface area contributed by atoms with E-state index in [9.17, 15) is 9.59 Å². The largest absolute Gasteiger partial charge is 0.478 e. The molecule has 2 aromatic rings. The fourth-order valence-corrected chi connectivity index (χ4v) is 1.51. The first kappa shape index (κ1) is 13.5. The molecule has 0 bridgehead atoms. The maximum absolute atomic E-state index is 11.8. The van der Waals surface area contributed by atoms with Crippen LogP contribution in [0, 0.1) is 6.92 Å². The molecule has 0 aliphatic carbocycles. The minimum Gasteiger partial charge on any atom is -0.478 e. The number of anilines is 2. The summed E-state index contributed by atoms with van der Waals surface area (Å²) in [4.78, 5) is 30.4. The lowest BCUT2D eigenvalue weighted by atomic mass is 10.1. The quantitative estimate of drug-likeness (QED) is 0.793. The summed E-state index contributed by atoms with van der Waals surface area (Å²) in [6.45, 7) is 1.76. The van der Waals surface area contributed by atoms with E-state index in [1.807, 2.05) is 0 Å². The van der Waals surface area contributed by atoms with Crippen molar-refractivity contribution >= 4 is 23.6 Å². The van der Waals surface area contributed by atoms with Gasteiger partial charge in [0.2, 0.25) is 5.95 Å². The molecule has 0 aliphatic rings. The lowest BCUT2D eigenvalue weighted by molar-refractivity contribution is 0.0697. The van der Waals surface area contributed by atoms with Crippen LogP contribution in [0.5, 0.6) is 0 Å². The first-order chi connectivity index (χ1) is 9.56. The number of amides is 2. The van der Waals surface area contributed by atoms with E-state index < -0.39 is 12.0 Å². The number of hydrogen-bond acceptors (Lipinski definition) is 4. The van der Waals surface area contributed by atoms with Gasteiger partial charge < -0.3 is 10.4 Å². The van der Waals surface area contributed by atoms with Gasteiger partial charge >= 0.3 is 12.0 Å². The van der Waals surface area contributed by atoms with E-state index in [1.54, 1.807) is 19.1 Å². The van der Waals surface area contributed by atoms with Crippen LogP contribution in [0.25, 0.3) is 0 Å². The number of carboxylic acid groups (broad SMARTS) is 1. The Morgan fingerprint density at radius 1 is 1.15 bits per heavy atom. The third kappa shape index (κ3) is 3.29. The average molecular weight is 272 g/mol. The van der Waals surface area contributed by atoms with Crippen LogP contribution < -0.4 is 10.6 Å². The number of aromatic nitrogens is 2. The highest BCUT2D eigenvalue weighted by atomic mass is 16.4. The number of nitrogens with one attached hydrogen (secondary N) is 2. The second-order valence-electron chi connectivity index (χ2n) is 3.99. The fourth-order valence-electron chi connectivity index (χ4n) is 1.51. The van der Waals surface area contributed by atoms with Crippen LogP contribution in [0.15, 0.2) is 36.7 Å². The number of aryl methyl sites for hydroxylation is 1. The van der Waals surface area contributed by atoms with E-state index in [1.165, 1.54) is 24.5 Å². The Morgan fingerprint density at radius 3 is 2.50 bits per heavy atom. The molecule has 1 heterocycles. The van der Waals surface area contributed by atoms with Crippen LogP contribution in [0.3, 0.4) is 0 Å². The molecule has 0 radical (unpaired) electrons. The van der Waals surface area contributed by atoms with Gasteiger partial charge in [-0.2, -0.15) is 0 Å². The van der Waals surface area contributed by atoms with Gasteiger partial charge in [0.1, 0.15) is 0 Å². The van der Waals surface area contributed by atoms with Crippen molar-refractivity contribution < 1.29 is 14.7 Å². The van der Waals surface area contributed by atoms with Gasteiger partial charge in [-0.3, -0.25) is 5.32 Å². The summed E-state index contributed by atoms with van der Waals surface area (Å²) in [5, 5.41) is 13.9. The zero-order chi connectivity index (χ0) is 14.5. The number of rotatable bonds is 3. The Kier molecular flexibility index (Phi) is 3.90. The first-order valence-corrected chi connectivity index (χ1v) is 5.75. The van der Waals surface area contributed by atoms with Crippen molar-refractivity contribution in [3.8, 4) is 0 Å². The predicted octanol–water partition coefficient (Wildman–Crippen LogP) is 2.13. The zero-order valence-corrected chi connectivity index (χ0v) is 10.6. The molecule has 7 heteroatoms. The Labute approximate surface area is 114 Å². The number of aromatic carboxylic acids is 1. The lowest BCUT2D eigenvalue weighted by Crippen LogP contribution is -2.21. The maximum Gasteiger partial charge on any atom is 0.335 e. The van der Waals surface area contributed by atoms with Crippen molar-refractivity contribution in [3.63, 3.8) is 0 Å². The normalized spacial score (nSPS) is 9.85. The van der Waals surface area contributed by atoms with E-state index >= 15 is 0 Å². The lowest BCUT2D eigenvalue weighted by Gasteiger charge is -2.09. The van der Waals surface area contributed by atoms with Crippen LogP contribution in [-0.2, 0) is 0 Å². The smallest absolute Gasteiger partial charge is 0.335 e. The number of urea groups is 1. The average Bonchev–Trinajstić information content (AvgIpc) is 2.42. The molecule has 0 fully saturated rings. The van der Waals surface area contributed by atoms with Crippen LogP contribution in [0.2, 0.25) is 0 Å². The maximum atomic E-state index is 11.8. The summed E-state index contributed by atoms with van der Waals surface area (Å²) < 4.78 is 0. The van der Waals surface area contributed by atoms with E-state index in [-0.39, 0.29) is 11.5 Å². The molecule has 0 saturated carbocycles. The number of benzene rings is 1. The Hall–Kier alpha value is -2.96. The topological polar surface area (TPSA) is 104 Å². The molecule has 0 saturated heterocycles. The number of carbonyl (C=O) groups excluding carboxylic acids is 1. The summed E-state index contributed by atoms with van der Waals surface area (Å²) in [5.74, 6) is -0.892. The van der Waals surface area contributed by atoms with Crippen LogP contribution in [-0.4, -0.2) is 27.1 Å². The molecule has 2 rings (SSSR count). The Balaban J connectivity index is 2.11. The highest BCUT2D eigenvalue weighted by molar-refractivity contribution is 6.00. The second-order valence-corrected chi connectivity index (χ2v) is 3.99. The van der Waals surface area contributed by atoms with Crippen molar-refractivity contribution in [1.29, 1.82) is 0 Å². The molecule has 0 unspecified atom stereocenters. The van der Waals surface area contributed by atoms with Crippen LogP contribution >= 0.6 is 0 Å². The van der Waals surface area contributed by atoms with Gasteiger partial charge in [0.25, 0.3) is 0 Å². The molecule has 0 aliphatic heterocycles. The third-order valence-corrected chi connectivity index (χ3v) is 2.52. The Bertz CT molecular complexity index is 643. The van der Waals surface area contributed by atoms with E-state index in [2.05, 4.69) is 20.6 Å². The SMILES string of the molecule is Cc1ccc(C(=O)O)cc1NC(=O)Nc1ncccn1. The fraction of sp³-hybridized carbons (Fsp3) is 0.0769. The molecule has 0 atom stereocenters. The molecule has 1 aromatic heterocycles. The van der Waals surface area contributed by atoms with Gasteiger partial charge in [-0.25, -0.2) is 19.6 Å². The van der Waals surface area contributed by atoms with Crippen LogP contribution in [0.4, 0.5) is 16.4 Å². The van der Waals surface area contributed by atoms with Gasteiger partial charge in [-0.05, 0) is 30.7 Å². The number of carboxylic acids is 1. The van der Waals surface area contributed by atoms with Crippen molar-refractivity contribution in [3.05, 3.63) is 47.8 Å².